The normalized spacial score (nSPS) is 20.6. The molecular weight excluding hydrogens is 526 g/mol. The molecule has 4 heteroatoms. The summed E-state index contributed by atoms with van der Waals surface area (Å²) in [6.45, 7) is 1.58. The Kier molecular flexibility index (Phi) is 7.06. The van der Waals surface area contributed by atoms with Crippen molar-refractivity contribution in [2.75, 3.05) is 13.2 Å². The first-order valence-corrected chi connectivity index (χ1v) is 10.6. The molecule has 2 nitrogen and oxygen atoms in total. The molecule has 0 heterocycles. The molecule has 1 fully saturated rings. The molecule has 24 heavy (non-hydrogen) atoms. The fourth-order valence-corrected chi connectivity index (χ4v) is 4.33. The average Bonchev–Trinajstić information content (AvgIpc) is 2.61. The van der Waals surface area contributed by atoms with Crippen LogP contribution in [0.5, 0.6) is 11.5 Å². The molecule has 1 aliphatic rings. The van der Waals surface area contributed by atoms with Crippen molar-refractivity contribution in [3.63, 3.8) is 0 Å². The predicted octanol–water partition coefficient (Wildman–Crippen LogP) is 6.16. The maximum absolute atomic E-state index is 6.12. The summed E-state index contributed by atoms with van der Waals surface area (Å²) < 4.78 is 14.6. The predicted molar refractivity (Wildman–Crippen MR) is 115 cm³/mol. The molecule has 1 aliphatic carbocycles. The Morgan fingerprint density at radius 2 is 1.12 bits per heavy atom. The third-order valence-corrected chi connectivity index (χ3v) is 6.43. The van der Waals surface area contributed by atoms with Crippen LogP contribution in [-0.4, -0.2) is 13.2 Å². The zero-order valence-electron chi connectivity index (χ0n) is 13.6. The Bertz CT molecular complexity index is 602. The van der Waals surface area contributed by atoms with Gasteiger partial charge in [-0.25, -0.2) is 0 Å². The van der Waals surface area contributed by atoms with Gasteiger partial charge in [-0.1, -0.05) is 37.1 Å². The number of halogens is 2. The van der Waals surface area contributed by atoms with Gasteiger partial charge in [0, 0.05) is 0 Å². The second kappa shape index (κ2) is 9.27. The molecule has 128 valence electrons. The standard InChI is InChI=1S/C20H22I2O2/c21-17-9-3-5-11-19(17)23-13-15-7-1-2-8-16(15)14-24-20-12-6-4-10-18(20)22/h3-6,9-12,15-16H,1-2,7-8,13-14H2/t15-,16-/m0/s1. The summed E-state index contributed by atoms with van der Waals surface area (Å²) in [5.74, 6) is 3.16. The van der Waals surface area contributed by atoms with E-state index in [1.54, 1.807) is 0 Å². The van der Waals surface area contributed by atoms with E-state index in [4.69, 9.17) is 9.47 Å². The van der Waals surface area contributed by atoms with Crippen molar-refractivity contribution in [1.29, 1.82) is 0 Å². The van der Waals surface area contributed by atoms with E-state index in [9.17, 15) is 0 Å². The lowest BCUT2D eigenvalue weighted by molar-refractivity contribution is 0.104. The van der Waals surface area contributed by atoms with Gasteiger partial charge >= 0.3 is 0 Å². The summed E-state index contributed by atoms with van der Waals surface area (Å²) in [5.41, 5.74) is 0. The van der Waals surface area contributed by atoms with E-state index in [0.717, 1.165) is 24.7 Å². The van der Waals surface area contributed by atoms with Crippen LogP contribution in [0.4, 0.5) is 0 Å². The van der Waals surface area contributed by atoms with Crippen molar-refractivity contribution >= 4 is 45.2 Å². The van der Waals surface area contributed by atoms with Crippen LogP contribution in [-0.2, 0) is 0 Å². The zero-order valence-corrected chi connectivity index (χ0v) is 17.9. The lowest BCUT2D eigenvalue weighted by Crippen LogP contribution is -2.30. The largest absolute Gasteiger partial charge is 0.492 e. The molecule has 3 rings (SSSR count). The van der Waals surface area contributed by atoms with Gasteiger partial charge in [-0.05, 0) is 94.1 Å². The molecule has 2 aromatic carbocycles. The van der Waals surface area contributed by atoms with E-state index in [1.165, 1.54) is 32.8 Å². The van der Waals surface area contributed by atoms with Crippen molar-refractivity contribution in [3.05, 3.63) is 55.7 Å². The third kappa shape index (κ3) is 5.00. The van der Waals surface area contributed by atoms with Gasteiger partial charge < -0.3 is 9.47 Å². The van der Waals surface area contributed by atoms with E-state index in [0.29, 0.717) is 11.8 Å². The van der Waals surface area contributed by atoms with E-state index >= 15 is 0 Å². The number of hydrogen-bond acceptors (Lipinski definition) is 2. The maximum Gasteiger partial charge on any atom is 0.132 e. The van der Waals surface area contributed by atoms with Crippen LogP contribution in [0.1, 0.15) is 25.7 Å². The second-order valence-electron chi connectivity index (χ2n) is 6.29. The molecule has 0 aliphatic heterocycles. The fourth-order valence-electron chi connectivity index (χ4n) is 3.24. The molecule has 0 amide bonds. The Morgan fingerprint density at radius 3 is 1.54 bits per heavy atom. The van der Waals surface area contributed by atoms with Crippen molar-refractivity contribution in [1.82, 2.24) is 0 Å². The van der Waals surface area contributed by atoms with Gasteiger partial charge in [0.1, 0.15) is 11.5 Å². The van der Waals surface area contributed by atoms with Gasteiger partial charge in [0.05, 0.1) is 20.4 Å². The Hall–Kier alpha value is -0.500. The van der Waals surface area contributed by atoms with Gasteiger partial charge in [0.15, 0.2) is 0 Å². The minimum absolute atomic E-state index is 0.580. The Morgan fingerprint density at radius 1 is 0.708 bits per heavy atom. The van der Waals surface area contributed by atoms with Crippen LogP contribution in [0.25, 0.3) is 0 Å². The summed E-state index contributed by atoms with van der Waals surface area (Å²) in [4.78, 5) is 0. The maximum atomic E-state index is 6.12. The quantitative estimate of drug-likeness (QED) is 0.403. The number of rotatable bonds is 6. The van der Waals surface area contributed by atoms with Gasteiger partial charge in [-0.2, -0.15) is 0 Å². The molecule has 0 unspecified atom stereocenters. The first-order chi connectivity index (χ1) is 11.7. The van der Waals surface area contributed by atoms with Crippen molar-refractivity contribution in [2.24, 2.45) is 11.8 Å². The monoisotopic (exact) mass is 548 g/mol. The summed E-state index contributed by atoms with van der Waals surface area (Å²) in [6.07, 6.45) is 5.09. The molecule has 2 aromatic rings. The van der Waals surface area contributed by atoms with Crippen LogP contribution >= 0.6 is 45.2 Å². The molecule has 0 aromatic heterocycles. The molecule has 1 saturated carbocycles. The highest BCUT2D eigenvalue weighted by molar-refractivity contribution is 14.1. The number of para-hydroxylation sites is 2. The Balaban J connectivity index is 1.57. The van der Waals surface area contributed by atoms with Gasteiger partial charge in [0.2, 0.25) is 0 Å². The first-order valence-electron chi connectivity index (χ1n) is 8.48. The molecule has 0 radical (unpaired) electrons. The summed E-state index contributed by atoms with van der Waals surface area (Å²) in [5, 5.41) is 0. The van der Waals surface area contributed by atoms with Crippen LogP contribution in [0.2, 0.25) is 0 Å². The van der Waals surface area contributed by atoms with Crippen LogP contribution in [0.3, 0.4) is 0 Å². The summed E-state index contributed by atoms with van der Waals surface area (Å²) >= 11 is 4.67. The highest BCUT2D eigenvalue weighted by Gasteiger charge is 2.26. The molecule has 0 bridgehead atoms. The SMILES string of the molecule is Ic1ccccc1OC[C@@H]1CCCC[C@H]1COc1ccccc1I. The number of ether oxygens (including phenoxy) is 2. The Labute approximate surface area is 171 Å². The summed E-state index contributed by atoms with van der Waals surface area (Å²) in [6, 6.07) is 16.5. The van der Waals surface area contributed by atoms with Crippen LogP contribution < -0.4 is 9.47 Å². The lowest BCUT2D eigenvalue weighted by Gasteiger charge is -2.31. The summed E-state index contributed by atoms with van der Waals surface area (Å²) in [7, 11) is 0. The molecule has 0 saturated heterocycles. The molecular formula is C20H22I2O2. The van der Waals surface area contributed by atoms with Gasteiger partial charge in [0.25, 0.3) is 0 Å². The second-order valence-corrected chi connectivity index (χ2v) is 8.61. The topological polar surface area (TPSA) is 18.5 Å². The highest BCUT2D eigenvalue weighted by Crippen LogP contribution is 2.32. The molecule has 0 N–H and O–H groups in total. The van der Waals surface area contributed by atoms with E-state index in [-0.39, 0.29) is 0 Å². The van der Waals surface area contributed by atoms with Gasteiger partial charge in [-0.3, -0.25) is 0 Å². The molecule has 2 atom stereocenters. The third-order valence-electron chi connectivity index (χ3n) is 4.65. The minimum atomic E-state index is 0.580. The van der Waals surface area contributed by atoms with E-state index in [2.05, 4.69) is 69.4 Å². The smallest absolute Gasteiger partial charge is 0.132 e. The fraction of sp³-hybridized carbons (Fsp3) is 0.400. The van der Waals surface area contributed by atoms with Crippen molar-refractivity contribution in [2.45, 2.75) is 25.7 Å². The lowest BCUT2D eigenvalue weighted by atomic mass is 9.80. The number of benzene rings is 2. The van der Waals surface area contributed by atoms with Crippen LogP contribution in [0.15, 0.2) is 48.5 Å². The zero-order chi connectivity index (χ0) is 16.8. The molecule has 0 spiro atoms. The number of hydrogen-bond donors (Lipinski definition) is 0. The van der Waals surface area contributed by atoms with E-state index in [1.807, 2.05) is 24.3 Å². The average molecular weight is 548 g/mol. The highest BCUT2D eigenvalue weighted by atomic mass is 127. The van der Waals surface area contributed by atoms with Crippen molar-refractivity contribution in [3.8, 4) is 11.5 Å². The minimum Gasteiger partial charge on any atom is -0.492 e. The first kappa shape index (κ1) is 18.3. The van der Waals surface area contributed by atoms with Crippen molar-refractivity contribution < 1.29 is 9.47 Å². The van der Waals surface area contributed by atoms with Crippen LogP contribution in [0, 0.1) is 19.0 Å². The van der Waals surface area contributed by atoms with E-state index < -0.39 is 0 Å². The van der Waals surface area contributed by atoms with Gasteiger partial charge in [-0.15, -0.1) is 0 Å².